The molecule has 1 amide bonds. The highest BCUT2D eigenvalue weighted by atomic mass is 35.5. The number of carbonyl (C=O) groups is 1. The van der Waals surface area contributed by atoms with Crippen molar-refractivity contribution in [1.82, 2.24) is 20.2 Å². The highest BCUT2D eigenvalue weighted by molar-refractivity contribution is 7.16. The van der Waals surface area contributed by atoms with E-state index in [0.29, 0.717) is 13.0 Å². The molecule has 0 bridgehead atoms. The number of rotatable bonds is 3. The molecule has 1 atom stereocenters. The molecular formula is C16H23Cl2N5O2S. The Balaban J connectivity index is 0.00000121. The molecule has 0 radical (unpaired) electrons. The lowest BCUT2D eigenvalue weighted by Gasteiger charge is -2.36. The van der Waals surface area contributed by atoms with E-state index in [0.717, 1.165) is 55.4 Å². The summed E-state index contributed by atoms with van der Waals surface area (Å²) in [7, 11) is 0. The van der Waals surface area contributed by atoms with Crippen molar-refractivity contribution < 1.29 is 9.53 Å². The minimum atomic E-state index is 0. The van der Waals surface area contributed by atoms with Gasteiger partial charge in [-0.1, -0.05) is 0 Å². The summed E-state index contributed by atoms with van der Waals surface area (Å²) >= 11 is 1.63. The SMILES string of the molecule is Cl.Cl.O=C(CC1COCCN1)N1CCN(c2ncnc3sccc23)CC1. The van der Waals surface area contributed by atoms with Crippen LogP contribution in [0.4, 0.5) is 5.82 Å². The Hall–Kier alpha value is -1.19. The second-order valence-corrected chi connectivity index (χ2v) is 7.03. The molecule has 144 valence electrons. The first kappa shape index (κ1) is 21.1. The normalized spacial score (nSPS) is 20.4. The van der Waals surface area contributed by atoms with Gasteiger partial charge in [0.1, 0.15) is 17.0 Å². The van der Waals surface area contributed by atoms with E-state index in [4.69, 9.17) is 4.74 Å². The Bertz CT molecular complexity index is 717. The number of piperazine rings is 1. The van der Waals surface area contributed by atoms with Gasteiger partial charge in [-0.25, -0.2) is 9.97 Å². The number of anilines is 1. The summed E-state index contributed by atoms with van der Waals surface area (Å²) in [5.74, 6) is 1.19. The molecule has 1 N–H and O–H groups in total. The van der Waals surface area contributed by atoms with Crippen LogP contribution >= 0.6 is 36.2 Å². The summed E-state index contributed by atoms with van der Waals surface area (Å²) in [6.45, 7) is 5.28. The van der Waals surface area contributed by atoms with Crippen molar-refractivity contribution >= 4 is 58.1 Å². The highest BCUT2D eigenvalue weighted by Gasteiger charge is 2.25. The van der Waals surface area contributed by atoms with Gasteiger partial charge in [0.15, 0.2) is 0 Å². The Kier molecular flexibility index (Phi) is 7.85. The number of fused-ring (bicyclic) bond motifs is 1. The van der Waals surface area contributed by atoms with Gasteiger partial charge in [-0.05, 0) is 11.4 Å². The zero-order valence-electron chi connectivity index (χ0n) is 14.3. The number of morpholine rings is 1. The molecule has 0 aliphatic carbocycles. The Morgan fingerprint density at radius 2 is 2.08 bits per heavy atom. The maximum atomic E-state index is 12.5. The lowest BCUT2D eigenvalue weighted by molar-refractivity contribution is -0.132. The number of amides is 1. The van der Waals surface area contributed by atoms with Crippen molar-refractivity contribution in [1.29, 1.82) is 0 Å². The van der Waals surface area contributed by atoms with Crippen LogP contribution in [0, 0.1) is 0 Å². The second kappa shape index (κ2) is 9.66. The zero-order chi connectivity index (χ0) is 16.4. The molecule has 2 aromatic rings. The van der Waals surface area contributed by atoms with Crippen LogP contribution < -0.4 is 10.2 Å². The van der Waals surface area contributed by atoms with Gasteiger partial charge in [0.05, 0.1) is 18.6 Å². The smallest absolute Gasteiger partial charge is 0.224 e. The summed E-state index contributed by atoms with van der Waals surface area (Å²) < 4.78 is 5.42. The minimum absolute atomic E-state index is 0. The van der Waals surface area contributed by atoms with Crippen molar-refractivity contribution in [3.63, 3.8) is 0 Å². The first-order valence-corrected chi connectivity index (χ1v) is 9.21. The summed E-state index contributed by atoms with van der Waals surface area (Å²) in [6.07, 6.45) is 2.14. The van der Waals surface area contributed by atoms with E-state index in [9.17, 15) is 4.79 Å². The first-order valence-electron chi connectivity index (χ1n) is 8.33. The molecule has 10 heteroatoms. The maximum Gasteiger partial charge on any atom is 0.224 e. The quantitative estimate of drug-likeness (QED) is 0.813. The fourth-order valence-corrected chi connectivity index (χ4v) is 4.01. The van der Waals surface area contributed by atoms with Crippen molar-refractivity contribution in [3.8, 4) is 0 Å². The average Bonchev–Trinajstić information content (AvgIpc) is 3.11. The molecule has 2 aliphatic heterocycles. The summed E-state index contributed by atoms with van der Waals surface area (Å²) in [5, 5.41) is 6.49. The molecule has 2 fully saturated rings. The number of carbonyl (C=O) groups excluding carboxylic acids is 1. The van der Waals surface area contributed by atoms with Crippen LogP contribution in [-0.4, -0.2) is 72.8 Å². The van der Waals surface area contributed by atoms with Crippen molar-refractivity contribution in [2.45, 2.75) is 12.5 Å². The van der Waals surface area contributed by atoms with Gasteiger partial charge in [0.25, 0.3) is 0 Å². The summed E-state index contributed by atoms with van der Waals surface area (Å²) in [6, 6.07) is 2.22. The predicted octanol–water partition coefficient (Wildman–Crippen LogP) is 1.56. The number of nitrogens with zero attached hydrogens (tertiary/aromatic N) is 4. The monoisotopic (exact) mass is 419 g/mol. The second-order valence-electron chi connectivity index (χ2n) is 6.13. The molecule has 2 aliphatic rings. The summed E-state index contributed by atoms with van der Waals surface area (Å²) in [4.78, 5) is 26.5. The first-order chi connectivity index (χ1) is 11.8. The number of hydrogen-bond acceptors (Lipinski definition) is 7. The van der Waals surface area contributed by atoms with E-state index in [1.807, 2.05) is 10.3 Å². The zero-order valence-corrected chi connectivity index (χ0v) is 16.7. The molecule has 26 heavy (non-hydrogen) atoms. The van der Waals surface area contributed by atoms with Gasteiger partial charge in [0.2, 0.25) is 5.91 Å². The van der Waals surface area contributed by atoms with Crippen LogP contribution in [0.3, 0.4) is 0 Å². The predicted molar refractivity (Wildman–Crippen MR) is 108 cm³/mol. The van der Waals surface area contributed by atoms with E-state index in [1.165, 1.54) is 0 Å². The number of ether oxygens (including phenoxy) is 1. The van der Waals surface area contributed by atoms with Crippen molar-refractivity contribution in [2.75, 3.05) is 50.8 Å². The van der Waals surface area contributed by atoms with E-state index >= 15 is 0 Å². The average molecular weight is 420 g/mol. The topological polar surface area (TPSA) is 70.6 Å². The van der Waals surface area contributed by atoms with Crippen LogP contribution in [0.1, 0.15) is 6.42 Å². The van der Waals surface area contributed by atoms with Crippen LogP contribution in [-0.2, 0) is 9.53 Å². The summed E-state index contributed by atoms with van der Waals surface area (Å²) in [5.41, 5.74) is 0. The van der Waals surface area contributed by atoms with Gasteiger partial charge in [-0.3, -0.25) is 4.79 Å². The van der Waals surface area contributed by atoms with Gasteiger partial charge >= 0.3 is 0 Å². The van der Waals surface area contributed by atoms with Crippen LogP contribution in [0.15, 0.2) is 17.8 Å². The van der Waals surface area contributed by atoms with Crippen LogP contribution in [0.5, 0.6) is 0 Å². The van der Waals surface area contributed by atoms with Crippen LogP contribution in [0.2, 0.25) is 0 Å². The van der Waals surface area contributed by atoms with E-state index in [1.54, 1.807) is 17.7 Å². The molecule has 4 rings (SSSR count). The molecule has 0 spiro atoms. The third-order valence-electron chi connectivity index (χ3n) is 4.59. The van der Waals surface area contributed by atoms with E-state index < -0.39 is 0 Å². The molecule has 2 saturated heterocycles. The van der Waals surface area contributed by atoms with E-state index in [2.05, 4.69) is 26.3 Å². The largest absolute Gasteiger partial charge is 0.378 e. The number of thiophene rings is 1. The number of aromatic nitrogens is 2. The van der Waals surface area contributed by atoms with Crippen LogP contribution in [0.25, 0.3) is 10.2 Å². The van der Waals surface area contributed by atoms with Gasteiger partial charge < -0.3 is 19.9 Å². The molecule has 2 aromatic heterocycles. The van der Waals surface area contributed by atoms with Crippen molar-refractivity contribution in [3.05, 3.63) is 17.8 Å². The molecular weight excluding hydrogens is 397 g/mol. The number of hydrogen-bond donors (Lipinski definition) is 1. The molecule has 0 aromatic carbocycles. The molecule has 0 saturated carbocycles. The molecule has 4 heterocycles. The van der Waals surface area contributed by atoms with E-state index in [-0.39, 0.29) is 36.8 Å². The van der Waals surface area contributed by atoms with Crippen molar-refractivity contribution in [2.24, 2.45) is 0 Å². The van der Waals surface area contributed by atoms with Gasteiger partial charge in [0, 0.05) is 45.2 Å². The fraction of sp³-hybridized carbons (Fsp3) is 0.562. The Labute approximate surface area is 168 Å². The molecule has 7 nitrogen and oxygen atoms in total. The highest BCUT2D eigenvalue weighted by Crippen LogP contribution is 2.27. The number of halogens is 2. The minimum Gasteiger partial charge on any atom is -0.378 e. The number of nitrogens with one attached hydrogen (secondary N) is 1. The Morgan fingerprint density at radius 1 is 1.27 bits per heavy atom. The Morgan fingerprint density at radius 3 is 2.81 bits per heavy atom. The van der Waals surface area contributed by atoms with Gasteiger partial charge in [-0.2, -0.15) is 0 Å². The fourth-order valence-electron chi connectivity index (χ4n) is 3.29. The third kappa shape index (κ3) is 4.55. The lowest BCUT2D eigenvalue weighted by Crippen LogP contribution is -2.51. The lowest BCUT2D eigenvalue weighted by atomic mass is 10.1. The third-order valence-corrected chi connectivity index (χ3v) is 5.41. The van der Waals surface area contributed by atoms with Gasteiger partial charge in [-0.15, -0.1) is 36.2 Å². The maximum absolute atomic E-state index is 12.5. The standard InChI is InChI=1S/C16H21N5O2S.2ClH/c22-14(9-12-10-23-7-2-17-12)20-3-5-21(6-4-20)15-13-1-8-24-16(13)19-11-18-15;;/h1,8,11-12,17H,2-7,9-10H2;2*1H. The molecule has 1 unspecified atom stereocenters.